The van der Waals surface area contributed by atoms with E-state index in [0.717, 1.165) is 0 Å². The third-order valence-corrected chi connectivity index (χ3v) is 24.0. The van der Waals surface area contributed by atoms with E-state index >= 15 is 0 Å². The van der Waals surface area contributed by atoms with Crippen molar-refractivity contribution in [2.24, 2.45) is 0 Å². The second kappa shape index (κ2) is 15.6. The van der Waals surface area contributed by atoms with Gasteiger partial charge in [0, 0.05) is 0 Å². The summed E-state index contributed by atoms with van der Waals surface area (Å²) >= 11 is 0. The zero-order chi connectivity index (χ0) is 37.2. The Kier molecular flexibility index (Phi) is 14.7. The number of rotatable bonds is 12. The Morgan fingerprint density at radius 3 is 1.60 bits per heavy atom. The number of hydrogen-bond donors (Lipinski definition) is 2. The Balaban J connectivity index is 3.63. The summed E-state index contributed by atoms with van der Waals surface area (Å²) in [7, 11) is -5.71. The maximum Gasteiger partial charge on any atom is 0.408 e. The Hall–Kier alpha value is -0.809. The minimum Gasteiger partial charge on any atom is -0.467 e. The van der Waals surface area contributed by atoms with Gasteiger partial charge in [0.05, 0.1) is 19.8 Å². The first-order valence-corrected chi connectivity index (χ1v) is 25.9. The topological polar surface area (TPSA) is 122 Å². The lowest BCUT2D eigenvalue weighted by atomic mass is 9.92. The van der Waals surface area contributed by atoms with Gasteiger partial charge < -0.3 is 37.9 Å². The number of ether oxygens (including phenoxy) is 3. The quantitative estimate of drug-likeness (QED) is 0.154. The van der Waals surface area contributed by atoms with Crippen LogP contribution in [0.15, 0.2) is 0 Å². The fourth-order valence-electron chi connectivity index (χ4n) is 4.37. The molecule has 0 saturated carbocycles. The standard InChI is InChI=1S/C34H71NO9Si3/c1-31(2,3)42-30(38)35-23(29(37)39-13)20-21-24-26(36)28(44-47(18,19)34(10,11)12)27(43-46(16,17)33(7,8)9)25(41-24)22-40-45(14,15)32(4,5)6/h23-28,36H,20-22H2,1-19H3,(H,35,38)/t23-,24+,25+,26+,27+,28+/m0/s1. The van der Waals surface area contributed by atoms with E-state index in [2.05, 4.69) is 107 Å². The van der Waals surface area contributed by atoms with E-state index in [4.69, 9.17) is 27.5 Å². The van der Waals surface area contributed by atoms with Crippen molar-refractivity contribution in [2.45, 2.75) is 192 Å². The molecule has 0 aromatic rings. The van der Waals surface area contributed by atoms with E-state index in [0.29, 0.717) is 0 Å². The summed E-state index contributed by atoms with van der Waals surface area (Å²) in [6.07, 6.45) is -3.88. The maximum absolute atomic E-state index is 12.8. The molecule has 6 atom stereocenters. The van der Waals surface area contributed by atoms with Crippen LogP contribution in [0.1, 0.15) is 95.9 Å². The number of esters is 1. The third kappa shape index (κ3) is 12.5. The smallest absolute Gasteiger partial charge is 0.408 e. The lowest BCUT2D eigenvalue weighted by molar-refractivity contribution is -0.221. The van der Waals surface area contributed by atoms with Gasteiger partial charge in [-0.1, -0.05) is 62.3 Å². The monoisotopic (exact) mass is 721 g/mol. The average Bonchev–Trinajstić information content (AvgIpc) is 2.85. The molecule has 2 N–H and O–H groups in total. The maximum atomic E-state index is 12.8. The summed E-state index contributed by atoms with van der Waals surface area (Å²) in [5, 5.41) is 14.5. The number of carbonyl (C=O) groups excluding carboxylic acids is 2. The summed E-state index contributed by atoms with van der Waals surface area (Å²) < 4.78 is 38.1. The molecule has 1 aliphatic heterocycles. The molecule has 0 aromatic carbocycles. The van der Waals surface area contributed by atoms with Crippen molar-refractivity contribution in [3.05, 3.63) is 0 Å². The van der Waals surface area contributed by atoms with E-state index < -0.39 is 79.2 Å². The number of aliphatic hydroxyl groups excluding tert-OH is 1. The van der Waals surface area contributed by atoms with E-state index in [1.54, 1.807) is 20.8 Å². The highest BCUT2D eigenvalue weighted by molar-refractivity contribution is 6.75. The molecule has 1 saturated heterocycles. The van der Waals surface area contributed by atoms with Crippen LogP contribution >= 0.6 is 0 Å². The average molecular weight is 722 g/mol. The molecule has 0 aromatic heterocycles. The normalized spacial score (nSPS) is 24.5. The van der Waals surface area contributed by atoms with E-state index in [1.165, 1.54) is 7.11 Å². The van der Waals surface area contributed by atoms with Crippen LogP contribution in [0, 0.1) is 0 Å². The zero-order valence-electron chi connectivity index (χ0n) is 33.3. The number of alkyl carbamates (subject to hydrolysis) is 1. The molecule has 10 nitrogen and oxygen atoms in total. The van der Waals surface area contributed by atoms with Gasteiger partial charge in [-0.25, -0.2) is 9.59 Å². The molecule has 0 radical (unpaired) electrons. The number of amides is 1. The molecule has 1 fully saturated rings. The van der Waals surface area contributed by atoms with Gasteiger partial charge in [-0.05, 0) is 88.0 Å². The van der Waals surface area contributed by atoms with Crippen molar-refractivity contribution >= 4 is 37.0 Å². The fourth-order valence-corrected chi connectivity index (χ4v) is 8.01. The minimum atomic E-state index is -2.42. The Morgan fingerprint density at radius 1 is 0.745 bits per heavy atom. The van der Waals surface area contributed by atoms with E-state index in [9.17, 15) is 14.7 Å². The van der Waals surface area contributed by atoms with E-state index in [-0.39, 0.29) is 34.6 Å². The third-order valence-electron chi connectivity index (χ3n) is 10.6. The Labute approximate surface area is 290 Å². The predicted octanol–water partition coefficient (Wildman–Crippen LogP) is 7.76. The minimum absolute atomic E-state index is 0.0194. The second-order valence-corrected chi connectivity index (χ2v) is 33.1. The van der Waals surface area contributed by atoms with Gasteiger partial charge >= 0.3 is 12.1 Å². The number of aliphatic hydroxyl groups is 1. The van der Waals surface area contributed by atoms with Gasteiger partial charge in [0.25, 0.3) is 0 Å². The molecule has 1 amide bonds. The van der Waals surface area contributed by atoms with Crippen LogP contribution in [0.5, 0.6) is 0 Å². The van der Waals surface area contributed by atoms with Gasteiger partial charge in [-0.3, -0.25) is 0 Å². The summed E-state index contributed by atoms with van der Waals surface area (Å²) in [5.41, 5.74) is -0.738. The van der Waals surface area contributed by atoms with Crippen molar-refractivity contribution in [2.75, 3.05) is 13.7 Å². The molecule has 1 heterocycles. The number of nitrogens with one attached hydrogen (secondary N) is 1. The predicted molar refractivity (Wildman–Crippen MR) is 196 cm³/mol. The van der Waals surface area contributed by atoms with Gasteiger partial charge in [-0.15, -0.1) is 0 Å². The van der Waals surface area contributed by atoms with Crippen molar-refractivity contribution in [3.63, 3.8) is 0 Å². The van der Waals surface area contributed by atoms with Gasteiger partial charge in [0.2, 0.25) is 0 Å². The first-order chi connectivity index (χ1) is 20.8. The molecule has 0 bridgehead atoms. The summed E-state index contributed by atoms with van der Waals surface area (Å²) in [6.45, 7) is 38.4. The molecular weight excluding hydrogens is 651 g/mol. The van der Waals surface area contributed by atoms with Gasteiger partial charge in [-0.2, -0.15) is 0 Å². The SMILES string of the molecule is COC(=O)[C@H](CC[C@H]1O[C@H](CO[Si](C)(C)C(C)(C)C)[C@@H](O[Si](C)(C)C(C)(C)C)[C@H](O[Si](C)(C)C(C)(C)C)[C@@H]1O)NC(=O)OC(C)(C)C. The molecule has 278 valence electrons. The first-order valence-electron chi connectivity index (χ1n) is 17.2. The van der Waals surface area contributed by atoms with Gasteiger partial charge in [0.1, 0.15) is 36.1 Å². The Bertz CT molecular complexity index is 1040. The highest BCUT2D eigenvalue weighted by Gasteiger charge is 2.54. The highest BCUT2D eigenvalue weighted by atomic mass is 28.4. The van der Waals surface area contributed by atoms with E-state index in [1.807, 2.05) is 0 Å². The number of hydrogen-bond acceptors (Lipinski definition) is 9. The number of carbonyl (C=O) groups is 2. The van der Waals surface area contributed by atoms with Crippen LogP contribution in [0.25, 0.3) is 0 Å². The van der Waals surface area contributed by atoms with Gasteiger partial charge in [0.15, 0.2) is 25.0 Å². The summed E-state index contributed by atoms with van der Waals surface area (Å²) in [5.74, 6) is -0.604. The summed E-state index contributed by atoms with van der Waals surface area (Å²) in [4.78, 5) is 25.4. The molecule has 0 aliphatic carbocycles. The molecule has 1 aliphatic rings. The summed E-state index contributed by atoms with van der Waals surface area (Å²) in [6, 6.07) is -0.992. The lowest BCUT2D eigenvalue weighted by Gasteiger charge is -2.52. The molecule has 1 rings (SSSR count). The number of methoxy groups -OCH3 is 1. The first kappa shape index (κ1) is 44.2. The largest absolute Gasteiger partial charge is 0.467 e. The zero-order valence-corrected chi connectivity index (χ0v) is 36.3. The van der Waals surface area contributed by atoms with Crippen LogP contribution in [0.3, 0.4) is 0 Å². The molecule has 0 spiro atoms. The lowest BCUT2D eigenvalue weighted by Crippen LogP contribution is -2.66. The molecular formula is C34H71NO9Si3. The van der Waals surface area contributed by atoms with Crippen LogP contribution in [-0.4, -0.2) is 98.0 Å². The highest BCUT2D eigenvalue weighted by Crippen LogP contribution is 2.44. The van der Waals surface area contributed by atoms with Crippen LogP contribution < -0.4 is 5.32 Å². The molecule has 47 heavy (non-hydrogen) atoms. The van der Waals surface area contributed by atoms with Crippen molar-refractivity contribution in [1.29, 1.82) is 0 Å². The van der Waals surface area contributed by atoms with Crippen LogP contribution in [0.2, 0.25) is 54.4 Å². The molecule has 0 unspecified atom stereocenters. The van der Waals surface area contributed by atoms with Crippen molar-refractivity contribution in [3.8, 4) is 0 Å². The van der Waals surface area contributed by atoms with Crippen LogP contribution in [-0.2, 0) is 32.3 Å². The molecule has 13 heteroatoms. The Morgan fingerprint density at radius 2 is 1.19 bits per heavy atom. The van der Waals surface area contributed by atoms with Crippen LogP contribution in [0.4, 0.5) is 4.79 Å². The van der Waals surface area contributed by atoms with Crippen molar-refractivity contribution < 1.29 is 42.2 Å². The fraction of sp³-hybridized carbons (Fsp3) is 0.941. The van der Waals surface area contributed by atoms with Crippen molar-refractivity contribution in [1.82, 2.24) is 5.32 Å². The second-order valence-electron chi connectivity index (χ2n) is 18.8.